The summed E-state index contributed by atoms with van der Waals surface area (Å²) in [5.74, 6) is -1.20. The number of halogens is 7. The number of benzene rings is 1. The molecule has 0 aliphatic heterocycles. The van der Waals surface area contributed by atoms with Gasteiger partial charge in [-0.15, -0.1) is 13.2 Å². The third-order valence-corrected chi connectivity index (χ3v) is 2.81. The van der Waals surface area contributed by atoms with Crippen molar-refractivity contribution >= 4 is 21.7 Å². The van der Waals surface area contributed by atoms with E-state index in [4.69, 9.17) is 5.73 Å². The molecule has 1 atom stereocenters. The molecule has 0 spiro atoms. The number of nitrogens with two attached hydrogens (primary N) is 1. The molecule has 0 unspecified atom stereocenters. The Balaban J connectivity index is 2.91. The van der Waals surface area contributed by atoms with E-state index in [0.29, 0.717) is 0 Å². The molecule has 0 saturated carbocycles. The summed E-state index contributed by atoms with van der Waals surface area (Å²) in [5.41, 5.74) is 5.15. The molecule has 0 fully saturated rings. The minimum Gasteiger partial charge on any atom is -0.427 e. The molecule has 11 heteroatoms. The number of carbonyl (C=O) groups is 1. The zero-order valence-corrected chi connectivity index (χ0v) is 12.1. The summed E-state index contributed by atoms with van der Waals surface area (Å²) in [7, 11) is 0. The highest BCUT2D eigenvalue weighted by atomic mass is 79.9. The minimum atomic E-state index is -5.60. The number of rotatable bonds is 6. The van der Waals surface area contributed by atoms with Crippen LogP contribution in [-0.4, -0.2) is 31.2 Å². The van der Waals surface area contributed by atoms with E-state index in [1.54, 1.807) is 0 Å². The number of ether oxygens (including phenoxy) is 2. The maximum Gasteiger partial charge on any atom is 0.525 e. The molecule has 0 heterocycles. The molecule has 0 aliphatic carbocycles. The maximum absolute atomic E-state index is 13.2. The largest absolute Gasteiger partial charge is 0.525 e. The van der Waals surface area contributed by atoms with Gasteiger partial charge in [-0.1, -0.05) is 0 Å². The summed E-state index contributed by atoms with van der Waals surface area (Å²) >= 11 is 2.77. The maximum atomic E-state index is 13.2. The molecule has 0 radical (unpaired) electrons. The van der Waals surface area contributed by atoms with Crippen molar-refractivity contribution in [3.8, 4) is 5.75 Å². The van der Waals surface area contributed by atoms with Gasteiger partial charge in [0.1, 0.15) is 5.75 Å². The predicted molar refractivity (Wildman–Crippen MR) is 65.1 cm³/mol. The van der Waals surface area contributed by atoms with E-state index in [9.17, 15) is 31.1 Å². The highest BCUT2D eigenvalue weighted by Gasteiger charge is 2.50. The Hall–Kier alpha value is -1.33. The summed E-state index contributed by atoms with van der Waals surface area (Å²) in [6.45, 7) is -0.339. The average molecular weight is 396 g/mol. The summed E-state index contributed by atoms with van der Waals surface area (Å²) in [6.07, 6.45) is -14.6. The lowest BCUT2D eigenvalue weighted by Gasteiger charge is -2.22. The first-order valence-electron chi connectivity index (χ1n) is 5.44. The van der Waals surface area contributed by atoms with Crippen LogP contribution < -0.4 is 10.5 Å². The van der Waals surface area contributed by atoms with Crippen molar-refractivity contribution in [1.82, 2.24) is 0 Å². The lowest BCUT2D eigenvalue weighted by atomic mass is 10.1. The minimum absolute atomic E-state index is 0.0494. The Labute approximate surface area is 128 Å². The predicted octanol–water partition coefficient (Wildman–Crippen LogP) is 3.39. The van der Waals surface area contributed by atoms with Gasteiger partial charge in [-0.2, -0.15) is 8.78 Å². The van der Waals surface area contributed by atoms with Gasteiger partial charge < -0.3 is 10.5 Å². The second-order valence-electron chi connectivity index (χ2n) is 3.82. The van der Waals surface area contributed by atoms with Crippen molar-refractivity contribution in [2.45, 2.75) is 18.8 Å². The first-order valence-corrected chi connectivity index (χ1v) is 6.24. The summed E-state index contributed by atoms with van der Waals surface area (Å²) in [5, 5.41) is 0. The molecule has 124 valence electrons. The molecule has 1 aromatic rings. The van der Waals surface area contributed by atoms with E-state index in [1.165, 1.54) is 0 Å². The Bertz CT molecular complexity index is 551. The van der Waals surface area contributed by atoms with Gasteiger partial charge in [0.15, 0.2) is 5.78 Å². The fourth-order valence-corrected chi connectivity index (χ4v) is 1.71. The van der Waals surface area contributed by atoms with Crippen LogP contribution in [0.5, 0.6) is 5.75 Å². The molecule has 1 rings (SSSR count). The molecule has 4 nitrogen and oxygen atoms in total. The summed E-state index contributed by atoms with van der Waals surface area (Å²) in [4.78, 5) is 11.3. The van der Waals surface area contributed by atoms with Crippen LogP contribution in [0.2, 0.25) is 0 Å². The molecule has 1 aromatic carbocycles. The topological polar surface area (TPSA) is 61.6 Å². The molecule has 0 saturated heterocycles. The lowest BCUT2D eigenvalue weighted by molar-refractivity contribution is -0.411. The van der Waals surface area contributed by atoms with Crippen molar-refractivity contribution < 1.29 is 40.6 Å². The van der Waals surface area contributed by atoms with E-state index in [-0.39, 0.29) is 16.6 Å². The fraction of sp³-hybridized carbons (Fsp3) is 0.364. The molecule has 22 heavy (non-hydrogen) atoms. The highest BCUT2D eigenvalue weighted by Crippen LogP contribution is 2.35. The van der Waals surface area contributed by atoms with Gasteiger partial charge in [0.05, 0.1) is 11.0 Å². The van der Waals surface area contributed by atoms with Crippen molar-refractivity contribution in [3.63, 3.8) is 0 Å². The first kappa shape index (κ1) is 18.7. The molecular weight excluding hydrogens is 388 g/mol. The summed E-state index contributed by atoms with van der Waals surface area (Å²) < 4.78 is 80.7. The Morgan fingerprint density at radius 2 is 1.86 bits per heavy atom. The SMILES string of the molecule is NCC(=O)c1ccc(OC(F)(F)[C@@H](F)OC(F)(F)F)c(Br)c1. The average Bonchev–Trinajstić information content (AvgIpc) is 2.38. The quantitative estimate of drug-likeness (QED) is 0.592. The Morgan fingerprint density at radius 3 is 2.32 bits per heavy atom. The number of Topliss-reactive ketones (excluding diaryl/α,β-unsaturated/α-hetero) is 1. The zero-order chi connectivity index (χ0) is 17.1. The van der Waals surface area contributed by atoms with Crippen LogP contribution in [0.15, 0.2) is 22.7 Å². The van der Waals surface area contributed by atoms with Crippen molar-refractivity contribution in [2.75, 3.05) is 6.54 Å². The Morgan fingerprint density at radius 1 is 1.27 bits per heavy atom. The lowest BCUT2D eigenvalue weighted by Crippen LogP contribution is -2.41. The van der Waals surface area contributed by atoms with Gasteiger partial charge in [-0.3, -0.25) is 4.79 Å². The van der Waals surface area contributed by atoms with Crippen LogP contribution in [0.25, 0.3) is 0 Å². The monoisotopic (exact) mass is 395 g/mol. The van der Waals surface area contributed by atoms with E-state index in [1.807, 2.05) is 0 Å². The number of hydrogen-bond acceptors (Lipinski definition) is 4. The van der Waals surface area contributed by atoms with E-state index in [0.717, 1.165) is 18.2 Å². The van der Waals surface area contributed by atoms with Crippen molar-refractivity contribution in [2.24, 2.45) is 5.73 Å². The molecule has 0 bridgehead atoms. The number of hydrogen-bond donors (Lipinski definition) is 1. The standard InChI is InChI=1S/C11H8BrF6NO3/c12-6-3-5(7(20)4-19)1-2-8(6)21-10(14,15)9(13)22-11(16,17)18/h1-3,9H,4,19H2/t9-/m0/s1. The second-order valence-corrected chi connectivity index (χ2v) is 4.67. The zero-order valence-electron chi connectivity index (χ0n) is 10.5. The number of alkyl halides is 6. The summed E-state index contributed by atoms with van der Waals surface area (Å²) in [6, 6.07) is 2.95. The fourth-order valence-electron chi connectivity index (χ4n) is 1.25. The highest BCUT2D eigenvalue weighted by molar-refractivity contribution is 9.10. The molecule has 0 aliphatic rings. The first-order chi connectivity index (χ1) is 9.96. The second kappa shape index (κ2) is 6.84. The van der Waals surface area contributed by atoms with Crippen molar-refractivity contribution in [3.05, 3.63) is 28.2 Å². The third kappa shape index (κ3) is 5.14. The van der Waals surface area contributed by atoms with Gasteiger partial charge in [0, 0.05) is 5.56 Å². The van der Waals surface area contributed by atoms with Crippen LogP contribution in [0.4, 0.5) is 26.3 Å². The van der Waals surface area contributed by atoms with Gasteiger partial charge in [-0.05, 0) is 34.1 Å². The van der Waals surface area contributed by atoms with Gasteiger partial charge in [0.25, 0.3) is 0 Å². The van der Waals surface area contributed by atoms with E-state index in [2.05, 4.69) is 25.4 Å². The third-order valence-electron chi connectivity index (χ3n) is 2.19. The van der Waals surface area contributed by atoms with Gasteiger partial charge in [0.2, 0.25) is 0 Å². The van der Waals surface area contributed by atoms with Crippen LogP contribution in [0.3, 0.4) is 0 Å². The van der Waals surface area contributed by atoms with Crippen LogP contribution in [-0.2, 0) is 4.74 Å². The van der Waals surface area contributed by atoms with E-state index >= 15 is 0 Å². The number of ketones is 1. The molecule has 2 N–H and O–H groups in total. The molecular formula is C11H8BrF6NO3. The van der Waals surface area contributed by atoms with Crippen molar-refractivity contribution in [1.29, 1.82) is 0 Å². The Kier molecular flexibility index (Phi) is 5.82. The molecule has 0 aromatic heterocycles. The van der Waals surface area contributed by atoms with Crippen LogP contribution in [0, 0.1) is 0 Å². The smallest absolute Gasteiger partial charge is 0.427 e. The van der Waals surface area contributed by atoms with Gasteiger partial charge in [-0.25, -0.2) is 9.13 Å². The van der Waals surface area contributed by atoms with E-state index < -0.39 is 30.4 Å². The van der Waals surface area contributed by atoms with Crippen LogP contribution in [0.1, 0.15) is 10.4 Å². The number of carbonyl (C=O) groups excluding carboxylic acids is 1. The van der Waals surface area contributed by atoms with Gasteiger partial charge >= 0.3 is 18.8 Å². The normalized spacial score (nSPS) is 13.8. The van der Waals surface area contributed by atoms with Crippen LogP contribution >= 0.6 is 15.9 Å². The molecule has 0 amide bonds.